The second kappa shape index (κ2) is 10.1. The Morgan fingerprint density at radius 1 is 0.933 bits per heavy atom. The third-order valence-corrected chi connectivity index (χ3v) is 5.13. The van der Waals surface area contributed by atoms with Crippen LogP contribution in [0.1, 0.15) is 11.1 Å². The first kappa shape index (κ1) is 21.6. The number of hydrogen-bond donors (Lipinski definition) is 0. The summed E-state index contributed by atoms with van der Waals surface area (Å²) in [6.07, 6.45) is 3.35. The number of piperazine rings is 1. The quantitative estimate of drug-likeness (QED) is 0.652. The lowest BCUT2D eigenvalue weighted by molar-refractivity contribution is -0.127. The van der Waals surface area contributed by atoms with Crippen LogP contribution in [0.2, 0.25) is 0 Å². The summed E-state index contributed by atoms with van der Waals surface area (Å²) in [5.74, 6) is 1.13. The van der Waals surface area contributed by atoms with Crippen LogP contribution in [0, 0.1) is 5.82 Å². The zero-order chi connectivity index (χ0) is 21.5. The summed E-state index contributed by atoms with van der Waals surface area (Å²) in [5.41, 5.74) is 1.75. The number of rotatable bonds is 7. The van der Waals surface area contributed by atoms with Crippen molar-refractivity contribution in [3.63, 3.8) is 0 Å². The fourth-order valence-corrected chi connectivity index (χ4v) is 3.42. The molecule has 0 radical (unpaired) electrons. The third-order valence-electron chi connectivity index (χ3n) is 5.13. The smallest absolute Gasteiger partial charge is 0.246 e. The zero-order valence-electron chi connectivity index (χ0n) is 17.6. The van der Waals surface area contributed by atoms with Gasteiger partial charge in [-0.3, -0.25) is 9.69 Å². The molecule has 1 fully saturated rings. The summed E-state index contributed by atoms with van der Waals surface area (Å²) in [4.78, 5) is 16.6. The van der Waals surface area contributed by atoms with Gasteiger partial charge in [0.05, 0.1) is 21.3 Å². The van der Waals surface area contributed by atoms with E-state index in [0.717, 1.165) is 24.2 Å². The Morgan fingerprint density at radius 2 is 1.60 bits per heavy atom. The second-order valence-corrected chi connectivity index (χ2v) is 7.02. The number of methoxy groups -OCH3 is 3. The SMILES string of the molecule is COc1ccc(CN2CCN(C(=O)/C=C/c3ccc(OC)c(OC)c3)CC2)cc1F. The predicted molar refractivity (Wildman–Crippen MR) is 113 cm³/mol. The van der Waals surface area contributed by atoms with Crippen molar-refractivity contribution in [2.75, 3.05) is 47.5 Å². The molecule has 2 aromatic rings. The van der Waals surface area contributed by atoms with Gasteiger partial charge in [-0.25, -0.2) is 4.39 Å². The van der Waals surface area contributed by atoms with Crippen LogP contribution in [0.5, 0.6) is 17.2 Å². The minimum Gasteiger partial charge on any atom is -0.494 e. The van der Waals surface area contributed by atoms with Gasteiger partial charge < -0.3 is 19.1 Å². The van der Waals surface area contributed by atoms with E-state index in [4.69, 9.17) is 14.2 Å². The van der Waals surface area contributed by atoms with Crippen molar-refractivity contribution in [2.45, 2.75) is 6.54 Å². The molecule has 1 saturated heterocycles. The largest absolute Gasteiger partial charge is 0.494 e. The van der Waals surface area contributed by atoms with E-state index in [-0.39, 0.29) is 17.5 Å². The standard InChI is InChI=1S/C23H27FN2O4/c1-28-20-7-5-18(14-19(20)24)16-25-10-12-26(13-11-25)23(27)9-6-17-4-8-21(29-2)22(15-17)30-3/h4-9,14-15H,10-13,16H2,1-3H3/b9-6+. The number of carbonyl (C=O) groups excluding carboxylic acids is 1. The molecule has 0 bridgehead atoms. The fourth-order valence-electron chi connectivity index (χ4n) is 3.42. The van der Waals surface area contributed by atoms with Crippen LogP contribution < -0.4 is 14.2 Å². The maximum Gasteiger partial charge on any atom is 0.246 e. The van der Waals surface area contributed by atoms with Gasteiger partial charge >= 0.3 is 0 Å². The normalized spacial score (nSPS) is 14.7. The highest BCUT2D eigenvalue weighted by Crippen LogP contribution is 2.28. The molecule has 0 atom stereocenters. The molecule has 1 amide bonds. The number of amides is 1. The van der Waals surface area contributed by atoms with Crippen LogP contribution in [-0.4, -0.2) is 63.2 Å². The van der Waals surface area contributed by atoms with E-state index >= 15 is 0 Å². The van der Waals surface area contributed by atoms with Gasteiger partial charge in [0.2, 0.25) is 5.91 Å². The van der Waals surface area contributed by atoms with Crippen LogP contribution >= 0.6 is 0 Å². The van der Waals surface area contributed by atoms with Gasteiger partial charge in [-0.05, 0) is 41.5 Å². The third kappa shape index (κ3) is 5.30. The van der Waals surface area contributed by atoms with E-state index in [0.29, 0.717) is 31.1 Å². The van der Waals surface area contributed by atoms with E-state index in [1.807, 2.05) is 29.2 Å². The van der Waals surface area contributed by atoms with Crippen molar-refractivity contribution in [1.82, 2.24) is 9.80 Å². The maximum absolute atomic E-state index is 13.9. The molecule has 30 heavy (non-hydrogen) atoms. The summed E-state index contributed by atoms with van der Waals surface area (Å²) < 4.78 is 29.3. The maximum atomic E-state index is 13.9. The lowest BCUT2D eigenvalue weighted by atomic mass is 10.1. The first-order valence-electron chi connectivity index (χ1n) is 9.78. The van der Waals surface area contributed by atoms with Gasteiger partial charge in [0.25, 0.3) is 0 Å². The van der Waals surface area contributed by atoms with Gasteiger partial charge in [-0.15, -0.1) is 0 Å². The average molecular weight is 414 g/mol. The average Bonchev–Trinajstić information content (AvgIpc) is 2.78. The number of ether oxygens (including phenoxy) is 3. The molecule has 0 aromatic heterocycles. The number of carbonyl (C=O) groups is 1. The van der Waals surface area contributed by atoms with Crippen molar-refractivity contribution in [3.05, 3.63) is 59.4 Å². The minimum atomic E-state index is -0.357. The predicted octanol–water partition coefficient (Wildman–Crippen LogP) is 3.21. The molecule has 3 rings (SSSR count). The molecule has 1 heterocycles. The molecular formula is C23H27FN2O4. The van der Waals surface area contributed by atoms with Gasteiger partial charge in [-0.2, -0.15) is 0 Å². The summed E-state index contributed by atoms with van der Waals surface area (Å²) in [7, 11) is 4.62. The number of hydrogen-bond acceptors (Lipinski definition) is 5. The van der Waals surface area contributed by atoms with Crippen molar-refractivity contribution in [2.24, 2.45) is 0 Å². The van der Waals surface area contributed by atoms with Crippen LogP contribution in [0.4, 0.5) is 4.39 Å². The minimum absolute atomic E-state index is 0.0278. The Kier molecular flexibility index (Phi) is 7.30. The van der Waals surface area contributed by atoms with E-state index in [2.05, 4.69) is 4.90 Å². The molecule has 0 spiro atoms. The fraction of sp³-hybridized carbons (Fsp3) is 0.348. The van der Waals surface area contributed by atoms with E-state index < -0.39 is 0 Å². The highest BCUT2D eigenvalue weighted by atomic mass is 19.1. The number of halogens is 1. The summed E-state index contributed by atoms with van der Waals surface area (Å²) in [6.45, 7) is 3.39. The first-order valence-corrected chi connectivity index (χ1v) is 9.78. The van der Waals surface area contributed by atoms with E-state index in [1.165, 1.54) is 13.2 Å². The number of benzene rings is 2. The number of nitrogens with zero attached hydrogens (tertiary/aromatic N) is 2. The van der Waals surface area contributed by atoms with Crippen LogP contribution in [0.3, 0.4) is 0 Å². The van der Waals surface area contributed by atoms with Crippen molar-refractivity contribution < 1.29 is 23.4 Å². The van der Waals surface area contributed by atoms with Crippen LogP contribution in [-0.2, 0) is 11.3 Å². The molecule has 1 aliphatic rings. The van der Waals surface area contributed by atoms with Crippen molar-refractivity contribution in [1.29, 1.82) is 0 Å². The highest BCUT2D eigenvalue weighted by molar-refractivity contribution is 5.92. The molecule has 0 aliphatic carbocycles. The molecular weight excluding hydrogens is 387 g/mol. The summed E-state index contributed by atoms with van der Waals surface area (Å²) in [6, 6.07) is 10.5. The van der Waals surface area contributed by atoms with Crippen LogP contribution in [0.25, 0.3) is 6.08 Å². The lowest BCUT2D eigenvalue weighted by Gasteiger charge is -2.34. The molecule has 2 aromatic carbocycles. The highest BCUT2D eigenvalue weighted by Gasteiger charge is 2.20. The Hall–Kier alpha value is -3.06. The van der Waals surface area contributed by atoms with E-state index in [9.17, 15) is 9.18 Å². The first-order chi connectivity index (χ1) is 14.5. The molecule has 6 nitrogen and oxygen atoms in total. The molecule has 0 saturated carbocycles. The molecule has 7 heteroatoms. The zero-order valence-corrected chi connectivity index (χ0v) is 17.6. The van der Waals surface area contributed by atoms with Gasteiger partial charge in [-0.1, -0.05) is 12.1 Å². The molecule has 1 aliphatic heterocycles. The summed E-state index contributed by atoms with van der Waals surface area (Å²) >= 11 is 0. The van der Waals surface area contributed by atoms with Crippen LogP contribution in [0.15, 0.2) is 42.5 Å². The van der Waals surface area contributed by atoms with Crippen molar-refractivity contribution >= 4 is 12.0 Å². The Bertz CT molecular complexity index is 908. The Balaban J connectivity index is 1.52. The van der Waals surface area contributed by atoms with Gasteiger partial charge in [0, 0.05) is 38.8 Å². The topological polar surface area (TPSA) is 51.2 Å². The molecule has 160 valence electrons. The molecule has 0 N–H and O–H groups in total. The monoisotopic (exact) mass is 414 g/mol. The van der Waals surface area contributed by atoms with Gasteiger partial charge in [0.1, 0.15) is 0 Å². The molecule has 0 unspecified atom stereocenters. The summed E-state index contributed by atoms with van der Waals surface area (Å²) in [5, 5.41) is 0. The van der Waals surface area contributed by atoms with Gasteiger partial charge in [0.15, 0.2) is 23.1 Å². The Morgan fingerprint density at radius 3 is 2.23 bits per heavy atom. The van der Waals surface area contributed by atoms with E-state index in [1.54, 1.807) is 32.4 Å². The van der Waals surface area contributed by atoms with Crippen molar-refractivity contribution in [3.8, 4) is 17.2 Å². The Labute approximate surface area is 176 Å². The second-order valence-electron chi connectivity index (χ2n) is 7.02. The lowest BCUT2D eigenvalue weighted by Crippen LogP contribution is -2.47.